The van der Waals surface area contributed by atoms with Crippen LogP contribution >= 0.6 is 0 Å². The number of rotatable bonds is 4. The average molecular weight is 401 g/mol. The van der Waals surface area contributed by atoms with E-state index in [4.69, 9.17) is 0 Å². The van der Waals surface area contributed by atoms with E-state index in [2.05, 4.69) is 64.7 Å². The number of aryl methyl sites for hydroxylation is 1. The van der Waals surface area contributed by atoms with E-state index in [1.165, 1.54) is 28.8 Å². The van der Waals surface area contributed by atoms with E-state index in [9.17, 15) is 4.39 Å². The van der Waals surface area contributed by atoms with Crippen molar-refractivity contribution < 1.29 is 4.39 Å². The first-order chi connectivity index (χ1) is 14.7. The van der Waals surface area contributed by atoms with Crippen molar-refractivity contribution in [3.05, 3.63) is 95.4 Å². The number of nitrogens with one attached hydrogen (secondary N) is 1. The molecule has 0 amide bonds. The molecule has 1 aliphatic rings. The number of hydrogen-bond acceptors (Lipinski definition) is 3. The molecule has 152 valence electrons. The Labute approximate surface area is 175 Å². The molecule has 0 bridgehead atoms. The summed E-state index contributed by atoms with van der Waals surface area (Å²) in [6, 6.07) is 21.9. The number of halogens is 1. The lowest BCUT2D eigenvalue weighted by atomic mass is 9.97. The molecule has 1 N–H and O–H groups in total. The van der Waals surface area contributed by atoms with Crippen LogP contribution in [0.25, 0.3) is 16.6 Å². The fourth-order valence-electron chi connectivity index (χ4n) is 4.36. The zero-order valence-electron chi connectivity index (χ0n) is 17.1. The van der Waals surface area contributed by atoms with Gasteiger partial charge in [-0.3, -0.25) is 4.90 Å². The van der Waals surface area contributed by atoms with Crippen LogP contribution in [0, 0.1) is 12.7 Å². The van der Waals surface area contributed by atoms with Gasteiger partial charge in [-0.1, -0.05) is 30.3 Å². The Morgan fingerprint density at radius 1 is 1.07 bits per heavy atom. The van der Waals surface area contributed by atoms with E-state index in [1.807, 2.05) is 10.9 Å². The van der Waals surface area contributed by atoms with Gasteiger partial charge in [-0.25, -0.2) is 9.07 Å². The molecule has 4 aromatic rings. The molecule has 30 heavy (non-hydrogen) atoms. The number of nitrogens with zero attached hydrogens (tertiary/aromatic N) is 3. The van der Waals surface area contributed by atoms with Crippen molar-refractivity contribution in [2.24, 2.45) is 0 Å². The van der Waals surface area contributed by atoms with Crippen LogP contribution in [0.3, 0.4) is 0 Å². The van der Waals surface area contributed by atoms with Crippen LogP contribution < -0.4 is 5.32 Å². The lowest BCUT2D eigenvalue weighted by Crippen LogP contribution is -2.45. The fourth-order valence-corrected chi connectivity index (χ4v) is 4.36. The third-order valence-corrected chi connectivity index (χ3v) is 5.91. The van der Waals surface area contributed by atoms with Gasteiger partial charge in [0.15, 0.2) is 0 Å². The fraction of sp³-hybridized carbons (Fsp3) is 0.240. The third-order valence-electron chi connectivity index (χ3n) is 5.91. The summed E-state index contributed by atoms with van der Waals surface area (Å²) in [6.07, 6.45) is 1.90. The maximum Gasteiger partial charge on any atom is 0.123 e. The Kier molecular flexibility index (Phi) is 5.07. The highest BCUT2D eigenvalue weighted by molar-refractivity contribution is 5.82. The second-order valence-electron chi connectivity index (χ2n) is 8.03. The first-order valence-electron chi connectivity index (χ1n) is 10.4. The average Bonchev–Trinajstić information content (AvgIpc) is 3.17. The summed E-state index contributed by atoms with van der Waals surface area (Å²) >= 11 is 0. The van der Waals surface area contributed by atoms with Gasteiger partial charge in [0.1, 0.15) is 5.82 Å². The molecule has 4 nitrogen and oxygen atoms in total. The van der Waals surface area contributed by atoms with E-state index in [0.29, 0.717) is 6.04 Å². The quantitative estimate of drug-likeness (QED) is 0.543. The summed E-state index contributed by atoms with van der Waals surface area (Å²) in [5.41, 5.74) is 5.82. The highest BCUT2D eigenvalue weighted by Crippen LogP contribution is 2.28. The van der Waals surface area contributed by atoms with Crippen molar-refractivity contribution in [3.8, 4) is 5.69 Å². The molecule has 1 aromatic heterocycles. The first-order valence-corrected chi connectivity index (χ1v) is 10.4. The molecule has 0 aliphatic carbocycles. The molecule has 1 atom stereocenters. The molecule has 1 fully saturated rings. The van der Waals surface area contributed by atoms with Crippen molar-refractivity contribution in [2.75, 3.05) is 19.6 Å². The maximum absolute atomic E-state index is 13.3. The first kappa shape index (κ1) is 19.0. The minimum absolute atomic E-state index is 0.239. The van der Waals surface area contributed by atoms with Gasteiger partial charge in [-0.05, 0) is 60.0 Å². The van der Waals surface area contributed by atoms with E-state index in [0.717, 1.165) is 42.8 Å². The molecule has 5 heteroatoms. The monoisotopic (exact) mass is 400 g/mol. The van der Waals surface area contributed by atoms with E-state index < -0.39 is 0 Å². The van der Waals surface area contributed by atoms with Crippen LogP contribution in [0.2, 0.25) is 0 Å². The van der Waals surface area contributed by atoms with E-state index >= 15 is 0 Å². The second kappa shape index (κ2) is 8.01. The Balaban J connectivity index is 1.41. The van der Waals surface area contributed by atoms with Gasteiger partial charge in [0.2, 0.25) is 0 Å². The Morgan fingerprint density at radius 2 is 1.87 bits per heavy atom. The highest BCUT2D eigenvalue weighted by Gasteiger charge is 2.23. The predicted octanol–water partition coefficient (Wildman–Crippen LogP) is 4.62. The number of benzene rings is 3. The molecule has 0 unspecified atom stereocenters. The minimum Gasteiger partial charge on any atom is -0.308 e. The smallest absolute Gasteiger partial charge is 0.123 e. The highest BCUT2D eigenvalue weighted by atomic mass is 19.1. The summed E-state index contributed by atoms with van der Waals surface area (Å²) in [5.74, 6) is -0.239. The zero-order valence-corrected chi connectivity index (χ0v) is 17.1. The number of hydrogen-bond donors (Lipinski definition) is 1. The number of fused-ring (bicyclic) bond motifs is 1. The molecule has 5 rings (SSSR count). The summed E-state index contributed by atoms with van der Waals surface area (Å²) < 4.78 is 15.2. The normalized spacial score (nSPS) is 17.5. The molecular formula is C25H25FN4. The van der Waals surface area contributed by atoms with Gasteiger partial charge in [-0.15, -0.1) is 0 Å². The Hall–Kier alpha value is -3.02. The van der Waals surface area contributed by atoms with Crippen LogP contribution in [-0.4, -0.2) is 34.3 Å². The third kappa shape index (κ3) is 3.74. The van der Waals surface area contributed by atoms with E-state index in [-0.39, 0.29) is 5.82 Å². The van der Waals surface area contributed by atoms with Crippen molar-refractivity contribution >= 4 is 10.9 Å². The van der Waals surface area contributed by atoms with Gasteiger partial charge in [0, 0.05) is 37.6 Å². The standard InChI is InChI=1S/C25H25FN4/c1-18-13-25-20(15-28-30(25)22-9-7-21(26)8-10-22)14-23(18)24-17-29(12-11-27-24)16-19-5-3-2-4-6-19/h2-10,13-15,24,27H,11-12,16-17H2,1H3/t24-/m1/s1. The zero-order chi connectivity index (χ0) is 20.5. The molecule has 1 aliphatic heterocycles. The van der Waals surface area contributed by atoms with Crippen molar-refractivity contribution in [3.63, 3.8) is 0 Å². The summed E-state index contributed by atoms with van der Waals surface area (Å²) in [6.45, 7) is 6.14. The minimum atomic E-state index is -0.239. The molecule has 0 saturated carbocycles. The second-order valence-corrected chi connectivity index (χ2v) is 8.03. The summed E-state index contributed by atoms with van der Waals surface area (Å²) in [4.78, 5) is 2.52. The number of aromatic nitrogens is 2. The Bertz CT molecular complexity index is 1150. The molecule has 0 radical (unpaired) electrons. The molecular weight excluding hydrogens is 375 g/mol. The summed E-state index contributed by atoms with van der Waals surface area (Å²) in [7, 11) is 0. The van der Waals surface area contributed by atoms with Crippen molar-refractivity contribution in [1.82, 2.24) is 20.0 Å². The van der Waals surface area contributed by atoms with Gasteiger partial charge in [0.05, 0.1) is 17.4 Å². The summed E-state index contributed by atoms with van der Waals surface area (Å²) in [5, 5.41) is 9.35. The molecule has 2 heterocycles. The SMILES string of the molecule is Cc1cc2c(cnn2-c2ccc(F)cc2)cc1[C@H]1CN(Cc2ccccc2)CCN1. The lowest BCUT2D eigenvalue weighted by molar-refractivity contribution is 0.193. The van der Waals surface area contributed by atoms with Gasteiger partial charge in [-0.2, -0.15) is 5.10 Å². The molecule has 1 saturated heterocycles. The van der Waals surface area contributed by atoms with Crippen LogP contribution in [0.5, 0.6) is 0 Å². The van der Waals surface area contributed by atoms with Crippen LogP contribution in [0.4, 0.5) is 4.39 Å². The molecule has 0 spiro atoms. The maximum atomic E-state index is 13.3. The Morgan fingerprint density at radius 3 is 2.67 bits per heavy atom. The largest absolute Gasteiger partial charge is 0.308 e. The molecule has 3 aromatic carbocycles. The van der Waals surface area contributed by atoms with Crippen molar-refractivity contribution in [2.45, 2.75) is 19.5 Å². The van der Waals surface area contributed by atoms with Gasteiger partial charge < -0.3 is 5.32 Å². The lowest BCUT2D eigenvalue weighted by Gasteiger charge is -2.34. The topological polar surface area (TPSA) is 33.1 Å². The van der Waals surface area contributed by atoms with Crippen LogP contribution in [0.15, 0.2) is 72.9 Å². The van der Waals surface area contributed by atoms with Crippen LogP contribution in [-0.2, 0) is 6.54 Å². The van der Waals surface area contributed by atoms with Gasteiger partial charge in [0.25, 0.3) is 0 Å². The van der Waals surface area contributed by atoms with Gasteiger partial charge >= 0.3 is 0 Å². The van der Waals surface area contributed by atoms with Crippen LogP contribution in [0.1, 0.15) is 22.7 Å². The predicted molar refractivity (Wildman–Crippen MR) is 118 cm³/mol. The number of piperazine rings is 1. The van der Waals surface area contributed by atoms with Crippen molar-refractivity contribution in [1.29, 1.82) is 0 Å². The van der Waals surface area contributed by atoms with E-state index in [1.54, 1.807) is 12.1 Å².